The summed E-state index contributed by atoms with van der Waals surface area (Å²) in [6.45, 7) is 4.16. The number of allylic oxidation sites excluding steroid dienone is 1. The molecule has 1 saturated heterocycles. The maximum atomic E-state index is 13.2. The molecule has 1 fully saturated rings. The Kier molecular flexibility index (Phi) is 8.04. The Balaban J connectivity index is 1.65. The van der Waals surface area contributed by atoms with Crippen molar-refractivity contribution in [1.82, 2.24) is 0 Å². The third kappa shape index (κ3) is 6.06. The second kappa shape index (κ2) is 11.2. The van der Waals surface area contributed by atoms with Gasteiger partial charge in [0.25, 0.3) is 5.91 Å². The van der Waals surface area contributed by atoms with Gasteiger partial charge in [0.2, 0.25) is 0 Å². The molecule has 3 aromatic rings. The van der Waals surface area contributed by atoms with Crippen LogP contribution in [0.3, 0.4) is 0 Å². The van der Waals surface area contributed by atoms with Crippen LogP contribution in [0.1, 0.15) is 22.3 Å². The Morgan fingerprint density at radius 2 is 1.84 bits per heavy atom. The van der Waals surface area contributed by atoms with Crippen molar-refractivity contribution < 1.29 is 27.4 Å². The fourth-order valence-corrected chi connectivity index (χ4v) is 5.08. The molecule has 0 spiro atoms. The van der Waals surface area contributed by atoms with Gasteiger partial charge in [0.15, 0.2) is 15.8 Å². The predicted molar refractivity (Wildman–Crippen MR) is 145 cm³/mol. The van der Waals surface area contributed by atoms with E-state index in [1.54, 1.807) is 18.2 Å². The number of thiocarbonyl (C=S) groups is 1. The Bertz CT molecular complexity index is 1370. The maximum absolute atomic E-state index is 13.2. The number of anilines is 1. The molecule has 0 radical (unpaired) electrons. The van der Waals surface area contributed by atoms with Gasteiger partial charge >= 0.3 is 6.18 Å². The van der Waals surface area contributed by atoms with Crippen molar-refractivity contribution in [2.24, 2.45) is 0 Å². The summed E-state index contributed by atoms with van der Waals surface area (Å²) in [6, 6.07) is 17.8. The van der Waals surface area contributed by atoms with E-state index in [9.17, 15) is 18.0 Å². The lowest BCUT2D eigenvalue weighted by Gasteiger charge is -2.17. The second-order valence-corrected chi connectivity index (χ2v) is 9.72. The number of rotatable bonds is 8. The lowest BCUT2D eigenvalue weighted by atomic mass is 10.0. The first kappa shape index (κ1) is 26.5. The van der Waals surface area contributed by atoms with Crippen LogP contribution in [0.25, 0.3) is 6.08 Å². The fourth-order valence-electron chi connectivity index (χ4n) is 3.78. The van der Waals surface area contributed by atoms with Crippen LogP contribution >= 0.6 is 24.0 Å². The number of benzene rings is 3. The van der Waals surface area contributed by atoms with Crippen molar-refractivity contribution >= 4 is 46.0 Å². The van der Waals surface area contributed by atoms with Crippen molar-refractivity contribution in [3.63, 3.8) is 0 Å². The molecule has 1 heterocycles. The van der Waals surface area contributed by atoms with Gasteiger partial charge in [-0.2, -0.15) is 13.2 Å². The lowest BCUT2D eigenvalue weighted by molar-refractivity contribution is -0.137. The maximum Gasteiger partial charge on any atom is 0.416 e. The van der Waals surface area contributed by atoms with E-state index in [2.05, 4.69) is 6.58 Å². The molecule has 1 aliphatic rings. The summed E-state index contributed by atoms with van der Waals surface area (Å²) in [5, 5.41) is 0. The van der Waals surface area contributed by atoms with Gasteiger partial charge in [0.05, 0.1) is 23.3 Å². The number of ether oxygens (including phenoxy) is 2. The van der Waals surface area contributed by atoms with Crippen LogP contribution in [0, 0.1) is 0 Å². The summed E-state index contributed by atoms with van der Waals surface area (Å²) >= 11 is 6.36. The molecule has 3 aromatic carbocycles. The average Bonchev–Trinajstić information content (AvgIpc) is 3.15. The van der Waals surface area contributed by atoms with E-state index in [-0.39, 0.29) is 14.9 Å². The molecular formula is C28H22F3NO3S2. The highest BCUT2D eigenvalue weighted by atomic mass is 32.2. The van der Waals surface area contributed by atoms with E-state index in [1.165, 1.54) is 19.2 Å². The molecule has 4 nitrogen and oxygen atoms in total. The van der Waals surface area contributed by atoms with Crippen LogP contribution in [0.15, 0.2) is 84.3 Å². The van der Waals surface area contributed by atoms with Gasteiger partial charge in [-0.1, -0.05) is 66.5 Å². The molecule has 1 aliphatic heterocycles. The van der Waals surface area contributed by atoms with Crippen LogP contribution in [-0.4, -0.2) is 17.3 Å². The van der Waals surface area contributed by atoms with Gasteiger partial charge in [-0.15, -0.1) is 6.58 Å². The third-order valence-corrected chi connectivity index (χ3v) is 6.79. The van der Waals surface area contributed by atoms with E-state index in [4.69, 9.17) is 21.7 Å². The number of carbonyl (C=O) groups is 1. The van der Waals surface area contributed by atoms with Crippen molar-refractivity contribution in [3.8, 4) is 11.5 Å². The van der Waals surface area contributed by atoms with Crippen molar-refractivity contribution in [1.29, 1.82) is 0 Å². The van der Waals surface area contributed by atoms with Crippen LogP contribution in [0.5, 0.6) is 11.5 Å². The van der Waals surface area contributed by atoms with E-state index in [0.717, 1.165) is 39.9 Å². The Morgan fingerprint density at radius 3 is 2.51 bits per heavy atom. The molecule has 0 aromatic heterocycles. The standard InChI is InChI=1S/C28H22F3NO3S2/c1-3-8-20-13-19(14-23(34-2)25(20)35-17-18-9-5-4-6-10-18)15-24-26(33)32(27(36)37-24)22-12-7-11-21(16-22)28(29,30)31/h3-7,9-16H,1,8,17H2,2H3/b24-15+. The molecule has 0 bridgehead atoms. The predicted octanol–water partition coefficient (Wildman–Crippen LogP) is 7.43. The van der Waals surface area contributed by atoms with Gasteiger partial charge in [-0.3, -0.25) is 9.69 Å². The molecule has 0 unspecified atom stereocenters. The molecule has 0 aliphatic carbocycles. The van der Waals surface area contributed by atoms with Crippen molar-refractivity contribution in [2.75, 3.05) is 12.0 Å². The van der Waals surface area contributed by atoms with Crippen molar-refractivity contribution in [2.45, 2.75) is 19.2 Å². The van der Waals surface area contributed by atoms with Gasteiger partial charge < -0.3 is 9.47 Å². The van der Waals surface area contributed by atoms with E-state index in [0.29, 0.717) is 30.1 Å². The number of carbonyl (C=O) groups excluding carboxylic acids is 1. The average molecular weight is 542 g/mol. The van der Waals surface area contributed by atoms with Gasteiger partial charge in [0.1, 0.15) is 6.61 Å². The highest BCUT2D eigenvalue weighted by molar-refractivity contribution is 8.27. The largest absolute Gasteiger partial charge is 0.493 e. The second-order valence-electron chi connectivity index (χ2n) is 8.04. The number of hydrogen-bond donors (Lipinski definition) is 0. The topological polar surface area (TPSA) is 38.8 Å². The first-order valence-corrected chi connectivity index (χ1v) is 12.4. The molecule has 0 saturated carbocycles. The van der Waals surface area contributed by atoms with Crippen LogP contribution in [0.4, 0.5) is 18.9 Å². The van der Waals surface area contributed by atoms with E-state index < -0.39 is 17.6 Å². The third-order valence-electron chi connectivity index (χ3n) is 5.49. The monoisotopic (exact) mass is 541 g/mol. The summed E-state index contributed by atoms with van der Waals surface area (Å²) < 4.78 is 51.4. The smallest absolute Gasteiger partial charge is 0.416 e. The molecule has 37 heavy (non-hydrogen) atoms. The zero-order valence-corrected chi connectivity index (χ0v) is 21.4. The van der Waals surface area contributed by atoms with Crippen molar-refractivity contribution in [3.05, 3.63) is 107 Å². The number of thioether (sulfide) groups is 1. The first-order valence-electron chi connectivity index (χ1n) is 11.1. The minimum atomic E-state index is -4.53. The Hall–Kier alpha value is -3.56. The molecule has 190 valence electrons. The number of methoxy groups -OCH3 is 1. The molecule has 9 heteroatoms. The number of halogens is 3. The van der Waals surface area contributed by atoms with Gasteiger partial charge in [0, 0.05) is 5.56 Å². The molecule has 1 amide bonds. The molecule has 4 rings (SSSR count). The summed E-state index contributed by atoms with van der Waals surface area (Å²) in [5.74, 6) is 0.553. The highest BCUT2D eigenvalue weighted by Crippen LogP contribution is 2.40. The number of hydrogen-bond acceptors (Lipinski definition) is 5. The Labute approximate surface area is 222 Å². The summed E-state index contributed by atoms with van der Waals surface area (Å²) in [7, 11) is 1.53. The highest BCUT2D eigenvalue weighted by Gasteiger charge is 2.36. The normalized spacial score (nSPS) is 14.8. The van der Waals surface area contributed by atoms with Gasteiger partial charge in [-0.25, -0.2) is 0 Å². The number of amides is 1. The molecular weight excluding hydrogens is 519 g/mol. The number of alkyl halides is 3. The zero-order chi connectivity index (χ0) is 26.6. The fraction of sp³-hybridized carbons (Fsp3) is 0.143. The first-order chi connectivity index (χ1) is 17.7. The quantitative estimate of drug-likeness (QED) is 0.169. The van der Waals surface area contributed by atoms with Gasteiger partial charge in [-0.05, 0) is 54.0 Å². The summed E-state index contributed by atoms with van der Waals surface area (Å²) in [5.41, 5.74) is 1.68. The molecule has 0 atom stereocenters. The minimum absolute atomic E-state index is 0.0651. The minimum Gasteiger partial charge on any atom is -0.493 e. The summed E-state index contributed by atoms with van der Waals surface area (Å²) in [6.07, 6.45) is -0.661. The van der Waals surface area contributed by atoms with Crippen LogP contribution < -0.4 is 14.4 Å². The van der Waals surface area contributed by atoms with E-state index >= 15 is 0 Å². The SMILES string of the molecule is C=CCc1cc(/C=C2/SC(=S)N(c3cccc(C(F)(F)F)c3)C2=O)cc(OC)c1OCc1ccccc1. The van der Waals surface area contributed by atoms with Crippen LogP contribution in [0.2, 0.25) is 0 Å². The van der Waals surface area contributed by atoms with E-state index in [1.807, 2.05) is 36.4 Å². The zero-order valence-electron chi connectivity index (χ0n) is 19.7. The Morgan fingerprint density at radius 1 is 1.08 bits per heavy atom. The molecule has 0 N–H and O–H groups in total. The summed E-state index contributed by atoms with van der Waals surface area (Å²) in [4.78, 5) is 14.6. The number of nitrogens with zero attached hydrogens (tertiary/aromatic N) is 1. The van der Waals surface area contributed by atoms with Crippen LogP contribution in [-0.2, 0) is 24.0 Å². The lowest BCUT2D eigenvalue weighted by Crippen LogP contribution is -2.27.